The van der Waals surface area contributed by atoms with E-state index in [4.69, 9.17) is 49.0 Å². The van der Waals surface area contributed by atoms with Crippen molar-refractivity contribution in [3.05, 3.63) is 121 Å². The number of anilines is 1. The topological polar surface area (TPSA) is 94.2 Å². The van der Waals surface area contributed by atoms with Crippen molar-refractivity contribution < 1.29 is 28.6 Å². The van der Waals surface area contributed by atoms with Gasteiger partial charge in [-0.2, -0.15) is 0 Å². The molecule has 5 rings (SSSR count). The van der Waals surface area contributed by atoms with Gasteiger partial charge in [0.2, 0.25) is 0 Å². The third-order valence-corrected chi connectivity index (χ3v) is 7.94. The Bertz CT molecular complexity index is 1800. The molecule has 0 bridgehead atoms. The van der Waals surface area contributed by atoms with Gasteiger partial charge in [0.15, 0.2) is 11.5 Å². The van der Waals surface area contributed by atoms with Crippen molar-refractivity contribution in [3.63, 3.8) is 0 Å². The lowest BCUT2D eigenvalue weighted by atomic mass is 10.1. The lowest BCUT2D eigenvalue weighted by Gasteiger charge is -2.26. The fourth-order valence-electron chi connectivity index (χ4n) is 4.36. The molecule has 0 atom stereocenters. The smallest absolute Gasteiger partial charge is 0.335 e. The molecule has 0 saturated carbocycles. The minimum Gasteiger partial charge on any atom is -0.490 e. The molecular weight excluding hydrogens is 707 g/mol. The number of benzene rings is 4. The first-order valence-electron chi connectivity index (χ1n) is 13.5. The first-order valence-corrected chi connectivity index (χ1v) is 15.5. The van der Waals surface area contributed by atoms with Crippen molar-refractivity contribution in [2.45, 2.75) is 20.1 Å². The highest BCUT2D eigenvalue weighted by Crippen LogP contribution is 2.38. The fraction of sp³-hybridized carbons (Fsp3) is 0.121. The van der Waals surface area contributed by atoms with E-state index in [2.05, 4.69) is 21.2 Å². The summed E-state index contributed by atoms with van der Waals surface area (Å²) in [4.78, 5) is 39.9. The van der Waals surface area contributed by atoms with E-state index < -0.39 is 17.8 Å². The molecule has 1 aliphatic rings. The summed E-state index contributed by atoms with van der Waals surface area (Å²) in [7, 11) is 0. The standard InChI is InChI=1S/C33H24BrCl3N2O6/c1-2-43-29-15-20(14-28(37)30(29)45-17-19-3-6-22(34)7-4-19)13-26-31(40)38-33(42)39(32(26)41)24-9-11-25(12-10-24)44-18-21-5-8-23(35)16-27(21)36/h3-16H,2,17-18H2,1H3,(H,38,40,42)/b26-13+. The van der Waals surface area contributed by atoms with Gasteiger partial charge in [-0.1, -0.05) is 68.9 Å². The molecule has 0 radical (unpaired) electrons. The van der Waals surface area contributed by atoms with Gasteiger partial charge in [-0.3, -0.25) is 14.9 Å². The van der Waals surface area contributed by atoms with Gasteiger partial charge in [0.1, 0.15) is 24.5 Å². The highest BCUT2D eigenvalue weighted by Gasteiger charge is 2.37. The maximum absolute atomic E-state index is 13.5. The van der Waals surface area contributed by atoms with Crippen molar-refractivity contribution >= 4 is 80.3 Å². The largest absolute Gasteiger partial charge is 0.490 e. The predicted molar refractivity (Wildman–Crippen MR) is 177 cm³/mol. The third-order valence-electron chi connectivity index (χ3n) is 6.55. The summed E-state index contributed by atoms with van der Waals surface area (Å²) in [6.45, 7) is 2.55. The van der Waals surface area contributed by atoms with Gasteiger partial charge in [-0.05, 0) is 84.8 Å². The van der Waals surface area contributed by atoms with E-state index in [0.717, 1.165) is 20.5 Å². The highest BCUT2D eigenvalue weighted by molar-refractivity contribution is 9.10. The molecule has 45 heavy (non-hydrogen) atoms. The zero-order valence-corrected chi connectivity index (χ0v) is 27.5. The molecule has 1 N–H and O–H groups in total. The lowest BCUT2D eigenvalue weighted by Crippen LogP contribution is -2.54. The lowest BCUT2D eigenvalue weighted by molar-refractivity contribution is -0.122. The normalized spacial score (nSPS) is 14.0. The molecule has 4 amide bonds. The van der Waals surface area contributed by atoms with Crippen LogP contribution in [0.25, 0.3) is 6.08 Å². The minimum atomic E-state index is -0.881. The van der Waals surface area contributed by atoms with Gasteiger partial charge in [0.25, 0.3) is 11.8 Å². The number of hydrogen-bond donors (Lipinski definition) is 1. The van der Waals surface area contributed by atoms with Crippen LogP contribution in [0.1, 0.15) is 23.6 Å². The van der Waals surface area contributed by atoms with E-state index in [1.165, 1.54) is 18.2 Å². The molecular formula is C33H24BrCl3N2O6. The summed E-state index contributed by atoms with van der Waals surface area (Å²) in [5.74, 6) is -0.524. The number of carbonyl (C=O) groups is 3. The van der Waals surface area contributed by atoms with Crippen LogP contribution in [-0.4, -0.2) is 24.5 Å². The second-order valence-electron chi connectivity index (χ2n) is 9.65. The molecule has 4 aromatic carbocycles. The number of amides is 4. The monoisotopic (exact) mass is 728 g/mol. The van der Waals surface area contributed by atoms with Gasteiger partial charge in [-0.25, -0.2) is 9.69 Å². The maximum Gasteiger partial charge on any atom is 0.335 e. The van der Waals surface area contributed by atoms with Gasteiger partial charge in [0.05, 0.1) is 17.3 Å². The summed E-state index contributed by atoms with van der Waals surface area (Å²) >= 11 is 22.1. The van der Waals surface area contributed by atoms with E-state index in [1.807, 2.05) is 31.2 Å². The summed E-state index contributed by atoms with van der Waals surface area (Å²) in [5.41, 5.74) is 2.02. The summed E-state index contributed by atoms with van der Waals surface area (Å²) in [6.07, 6.45) is 1.34. The predicted octanol–water partition coefficient (Wildman–Crippen LogP) is 8.63. The van der Waals surface area contributed by atoms with Gasteiger partial charge in [0, 0.05) is 20.1 Å². The molecule has 0 aliphatic carbocycles. The number of carbonyl (C=O) groups excluding carboxylic acids is 3. The minimum absolute atomic E-state index is 0.181. The average molecular weight is 731 g/mol. The fourth-order valence-corrected chi connectivity index (χ4v) is 5.36. The van der Waals surface area contributed by atoms with Gasteiger partial charge >= 0.3 is 6.03 Å². The number of ether oxygens (including phenoxy) is 3. The molecule has 0 unspecified atom stereocenters. The number of rotatable bonds is 10. The van der Waals surface area contributed by atoms with Crippen LogP contribution in [0.3, 0.4) is 0 Å². The number of barbiturate groups is 1. The summed E-state index contributed by atoms with van der Waals surface area (Å²) < 4.78 is 18.5. The first kappa shape index (κ1) is 32.4. The van der Waals surface area contributed by atoms with E-state index in [0.29, 0.717) is 39.5 Å². The van der Waals surface area contributed by atoms with Crippen molar-refractivity contribution in [2.24, 2.45) is 0 Å². The average Bonchev–Trinajstić information content (AvgIpc) is 3.00. The van der Waals surface area contributed by atoms with Crippen molar-refractivity contribution in [3.8, 4) is 17.2 Å². The Hall–Kier alpha value is -4.02. The van der Waals surface area contributed by atoms with Crippen LogP contribution in [-0.2, 0) is 22.8 Å². The van der Waals surface area contributed by atoms with Crippen LogP contribution in [0.5, 0.6) is 17.2 Å². The Morgan fingerprint density at radius 3 is 2.24 bits per heavy atom. The van der Waals surface area contributed by atoms with Crippen LogP contribution in [0.2, 0.25) is 15.1 Å². The Morgan fingerprint density at radius 1 is 0.822 bits per heavy atom. The number of nitrogens with one attached hydrogen (secondary N) is 1. The van der Waals surface area contributed by atoms with Crippen LogP contribution >= 0.6 is 50.7 Å². The van der Waals surface area contributed by atoms with E-state index >= 15 is 0 Å². The zero-order chi connectivity index (χ0) is 32.1. The van der Waals surface area contributed by atoms with E-state index in [1.54, 1.807) is 42.5 Å². The number of urea groups is 1. The van der Waals surface area contributed by atoms with Crippen molar-refractivity contribution in [1.29, 1.82) is 0 Å². The Balaban J connectivity index is 1.35. The molecule has 12 heteroatoms. The Labute approximate surface area is 282 Å². The highest BCUT2D eigenvalue weighted by atomic mass is 79.9. The van der Waals surface area contributed by atoms with Crippen LogP contribution in [0.15, 0.2) is 88.9 Å². The van der Waals surface area contributed by atoms with Gasteiger partial charge in [-0.15, -0.1) is 0 Å². The van der Waals surface area contributed by atoms with Crippen LogP contribution < -0.4 is 24.4 Å². The Morgan fingerprint density at radius 2 is 1.56 bits per heavy atom. The maximum atomic E-state index is 13.5. The Kier molecular flexibility index (Phi) is 10.4. The SMILES string of the molecule is CCOc1cc(/C=C2\C(=O)NC(=O)N(c3ccc(OCc4ccc(Cl)cc4Cl)cc3)C2=O)cc(Cl)c1OCc1ccc(Br)cc1. The molecule has 1 saturated heterocycles. The molecule has 230 valence electrons. The quantitative estimate of drug-likeness (QED) is 0.130. The van der Waals surface area contributed by atoms with Crippen LogP contribution in [0, 0.1) is 0 Å². The second kappa shape index (κ2) is 14.4. The second-order valence-corrected chi connectivity index (χ2v) is 11.8. The van der Waals surface area contributed by atoms with Gasteiger partial charge < -0.3 is 14.2 Å². The zero-order valence-electron chi connectivity index (χ0n) is 23.6. The molecule has 0 spiro atoms. The van der Waals surface area contributed by atoms with Crippen molar-refractivity contribution in [1.82, 2.24) is 5.32 Å². The van der Waals surface area contributed by atoms with Crippen molar-refractivity contribution in [2.75, 3.05) is 11.5 Å². The number of hydrogen-bond acceptors (Lipinski definition) is 6. The molecule has 8 nitrogen and oxygen atoms in total. The number of halogens is 4. The van der Waals surface area contributed by atoms with Crippen LogP contribution in [0.4, 0.5) is 10.5 Å². The summed E-state index contributed by atoms with van der Waals surface area (Å²) in [5, 5.41) is 3.42. The molecule has 4 aromatic rings. The molecule has 1 heterocycles. The number of nitrogens with zero attached hydrogens (tertiary/aromatic N) is 1. The van der Waals surface area contributed by atoms with E-state index in [-0.39, 0.29) is 29.5 Å². The molecule has 0 aromatic heterocycles. The molecule has 1 aliphatic heterocycles. The summed E-state index contributed by atoms with van der Waals surface area (Å²) in [6, 6.07) is 21.3. The first-order chi connectivity index (χ1) is 21.6. The molecule has 1 fully saturated rings. The van der Waals surface area contributed by atoms with E-state index in [9.17, 15) is 14.4 Å². The number of imide groups is 2. The third kappa shape index (κ3) is 7.80.